The molecule has 8 heteroatoms. The number of nitrogens with zero attached hydrogens (tertiary/aromatic N) is 2. The number of rotatable bonds is 2. The summed E-state index contributed by atoms with van der Waals surface area (Å²) >= 11 is 0. The van der Waals surface area contributed by atoms with Crippen LogP contribution in [0.2, 0.25) is 0 Å². The van der Waals surface area contributed by atoms with Crippen LogP contribution in [-0.2, 0) is 0 Å². The average molecular weight is 299 g/mol. The van der Waals surface area contributed by atoms with Crippen LogP contribution < -0.4 is 5.73 Å². The Kier molecular flexibility index (Phi) is 4.17. The van der Waals surface area contributed by atoms with Crippen LogP contribution in [0.3, 0.4) is 0 Å². The predicted molar refractivity (Wildman–Crippen MR) is 70.7 cm³/mol. The monoisotopic (exact) mass is 299 g/mol. The minimum atomic E-state index is -1.31. The summed E-state index contributed by atoms with van der Waals surface area (Å²) in [6, 6.07) is 0.867. The molecule has 1 aliphatic rings. The molecule has 1 aliphatic heterocycles. The highest BCUT2D eigenvalue weighted by Gasteiger charge is 2.32. The fraction of sp³-hybridized carbons (Fsp3) is 0.462. The lowest BCUT2D eigenvalue weighted by Gasteiger charge is -2.36. The highest BCUT2D eigenvalue weighted by Crippen LogP contribution is 2.26. The first-order valence-corrected chi connectivity index (χ1v) is 6.51. The van der Waals surface area contributed by atoms with Gasteiger partial charge in [-0.05, 0) is 25.8 Å². The van der Waals surface area contributed by atoms with E-state index in [0.29, 0.717) is 31.5 Å². The van der Waals surface area contributed by atoms with Crippen LogP contribution >= 0.6 is 0 Å². The van der Waals surface area contributed by atoms with Gasteiger partial charge in [0, 0.05) is 18.6 Å². The second-order valence-corrected chi connectivity index (χ2v) is 5.18. The maximum Gasteiger partial charge on any atom is 0.308 e. The van der Waals surface area contributed by atoms with Crippen molar-refractivity contribution < 1.29 is 18.5 Å². The number of likely N-dealkylation sites (tertiary alicyclic amines) is 1. The third kappa shape index (κ3) is 2.99. The fourth-order valence-electron chi connectivity index (χ4n) is 2.53. The number of carbonyl (C=O) groups excluding carboxylic acids is 1. The van der Waals surface area contributed by atoms with Crippen molar-refractivity contribution in [2.24, 2.45) is 5.73 Å². The Morgan fingerprint density at radius 1 is 1.48 bits per heavy atom. The summed E-state index contributed by atoms with van der Waals surface area (Å²) in [5.74, 6) is -3.09. The van der Waals surface area contributed by atoms with E-state index in [-0.39, 0.29) is 12.1 Å². The van der Waals surface area contributed by atoms with E-state index in [1.165, 1.54) is 4.90 Å². The number of amides is 1. The largest absolute Gasteiger partial charge is 0.336 e. The first kappa shape index (κ1) is 15.3. The zero-order valence-electron chi connectivity index (χ0n) is 11.4. The minimum absolute atomic E-state index is 0.0456. The first-order valence-electron chi connectivity index (χ1n) is 6.51. The molecule has 0 aromatic heterocycles. The maximum atomic E-state index is 14.0. The zero-order chi connectivity index (χ0) is 15.7. The van der Waals surface area contributed by atoms with Gasteiger partial charge < -0.3 is 10.6 Å². The average Bonchev–Trinajstić information content (AvgIpc) is 2.40. The standard InChI is InChI=1S/C13H15F2N3O3/c1-7-4-9(16)2-3-17(7)13(19)10-5-8(14)6-11(12(10)15)18(20)21/h5-7,9H,2-4,16H2,1H3. The number of nitro groups is 1. The smallest absolute Gasteiger partial charge is 0.308 e. The van der Waals surface area contributed by atoms with Gasteiger partial charge in [-0.3, -0.25) is 14.9 Å². The molecule has 114 valence electrons. The lowest BCUT2D eigenvalue weighted by molar-refractivity contribution is -0.387. The SMILES string of the molecule is CC1CC(N)CCN1C(=O)c1cc(F)cc([N+](=O)[O-])c1F. The molecule has 1 fully saturated rings. The molecule has 1 aromatic carbocycles. The number of carbonyl (C=O) groups is 1. The summed E-state index contributed by atoms with van der Waals surface area (Å²) in [5.41, 5.74) is 4.12. The van der Waals surface area contributed by atoms with E-state index in [1.54, 1.807) is 6.92 Å². The van der Waals surface area contributed by atoms with Crippen LogP contribution in [0.15, 0.2) is 12.1 Å². The summed E-state index contributed by atoms with van der Waals surface area (Å²) < 4.78 is 27.4. The predicted octanol–water partition coefficient (Wildman–Crippen LogP) is 1.82. The van der Waals surface area contributed by atoms with Gasteiger partial charge >= 0.3 is 5.69 Å². The van der Waals surface area contributed by atoms with Crippen LogP contribution in [0.1, 0.15) is 30.1 Å². The normalized spacial score (nSPS) is 22.2. The van der Waals surface area contributed by atoms with Crippen LogP contribution in [0, 0.1) is 21.7 Å². The van der Waals surface area contributed by atoms with E-state index in [4.69, 9.17) is 5.73 Å². The molecule has 2 N–H and O–H groups in total. The minimum Gasteiger partial charge on any atom is -0.336 e. The van der Waals surface area contributed by atoms with Gasteiger partial charge in [-0.2, -0.15) is 4.39 Å². The van der Waals surface area contributed by atoms with Crippen molar-refractivity contribution in [2.45, 2.75) is 31.8 Å². The van der Waals surface area contributed by atoms with E-state index >= 15 is 0 Å². The van der Waals surface area contributed by atoms with E-state index in [0.717, 1.165) is 0 Å². The van der Waals surface area contributed by atoms with Gasteiger partial charge in [0.15, 0.2) is 0 Å². The van der Waals surface area contributed by atoms with Crippen molar-refractivity contribution in [2.75, 3.05) is 6.54 Å². The van der Waals surface area contributed by atoms with Crippen LogP contribution in [-0.4, -0.2) is 34.4 Å². The summed E-state index contributed by atoms with van der Waals surface area (Å²) in [4.78, 5) is 23.3. The molecule has 0 radical (unpaired) electrons. The van der Waals surface area contributed by atoms with Crippen molar-refractivity contribution in [3.63, 3.8) is 0 Å². The maximum absolute atomic E-state index is 14.0. The Labute approximate surface area is 119 Å². The van der Waals surface area contributed by atoms with Crippen LogP contribution in [0.4, 0.5) is 14.5 Å². The molecule has 1 saturated heterocycles. The molecule has 6 nitrogen and oxygen atoms in total. The summed E-state index contributed by atoms with van der Waals surface area (Å²) in [7, 11) is 0. The topological polar surface area (TPSA) is 89.5 Å². The first-order chi connectivity index (χ1) is 9.81. The zero-order valence-corrected chi connectivity index (χ0v) is 11.4. The lowest BCUT2D eigenvalue weighted by atomic mass is 9.98. The van der Waals surface area contributed by atoms with Crippen molar-refractivity contribution in [3.05, 3.63) is 39.4 Å². The number of nitro benzene ring substituents is 1. The van der Waals surface area contributed by atoms with E-state index < -0.39 is 33.7 Å². The molecule has 0 spiro atoms. The van der Waals surface area contributed by atoms with Crippen LogP contribution in [0.25, 0.3) is 0 Å². The van der Waals surface area contributed by atoms with Gasteiger partial charge in [0.25, 0.3) is 5.91 Å². The number of piperidine rings is 1. The number of hydrogen-bond donors (Lipinski definition) is 1. The molecule has 2 unspecified atom stereocenters. The second-order valence-electron chi connectivity index (χ2n) is 5.18. The Balaban J connectivity index is 2.37. The molecule has 2 atom stereocenters. The molecule has 0 aliphatic carbocycles. The van der Waals surface area contributed by atoms with Gasteiger partial charge in [-0.1, -0.05) is 0 Å². The van der Waals surface area contributed by atoms with Gasteiger partial charge in [-0.15, -0.1) is 0 Å². The molecule has 1 heterocycles. The summed E-state index contributed by atoms with van der Waals surface area (Å²) in [6.45, 7) is 2.06. The third-order valence-electron chi connectivity index (χ3n) is 3.62. The summed E-state index contributed by atoms with van der Waals surface area (Å²) in [5, 5.41) is 10.7. The fourth-order valence-corrected chi connectivity index (χ4v) is 2.53. The number of benzene rings is 1. The van der Waals surface area contributed by atoms with E-state index in [1.807, 2.05) is 0 Å². The van der Waals surface area contributed by atoms with E-state index in [2.05, 4.69) is 0 Å². The number of hydrogen-bond acceptors (Lipinski definition) is 4. The van der Waals surface area contributed by atoms with Crippen LogP contribution in [0.5, 0.6) is 0 Å². The molecule has 1 amide bonds. The highest BCUT2D eigenvalue weighted by atomic mass is 19.1. The Morgan fingerprint density at radius 2 is 2.14 bits per heavy atom. The lowest BCUT2D eigenvalue weighted by Crippen LogP contribution is -2.48. The number of halogens is 2. The molecule has 2 rings (SSSR count). The molecule has 21 heavy (non-hydrogen) atoms. The molecule has 0 bridgehead atoms. The quantitative estimate of drug-likeness (QED) is 0.666. The Hall–Kier alpha value is -2.09. The van der Waals surface area contributed by atoms with Crippen molar-refractivity contribution >= 4 is 11.6 Å². The Bertz CT molecular complexity index is 594. The van der Waals surface area contributed by atoms with Gasteiger partial charge in [-0.25, -0.2) is 4.39 Å². The van der Waals surface area contributed by atoms with Gasteiger partial charge in [0.1, 0.15) is 5.82 Å². The second kappa shape index (κ2) is 5.72. The molecular weight excluding hydrogens is 284 g/mol. The summed E-state index contributed by atoms with van der Waals surface area (Å²) in [6.07, 6.45) is 1.10. The van der Waals surface area contributed by atoms with Crippen molar-refractivity contribution in [1.29, 1.82) is 0 Å². The third-order valence-corrected chi connectivity index (χ3v) is 3.62. The molecular formula is C13H15F2N3O3. The molecule has 1 aromatic rings. The van der Waals surface area contributed by atoms with Crippen molar-refractivity contribution in [1.82, 2.24) is 4.90 Å². The van der Waals surface area contributed by atoms with E-state index in [9.17, 15) is 23.7 Å². The van der Waals surface area contributed by atoms with Gasteiger partial charge in [0.2, 0.25) is 5.82 Å². The highest BCUT2D eigenvalue weighted by molar-refractivity contribution is 5.95. The van der Waals surface area contributed by atoms with Crippen molar-refractivity contribution in [3.8, 4) is 0 Å². The van der Waals surface area contributed by atoms with Gasteiger partial charge in [0.05, 0.1) is 16.6 Å². The Morgan fingerprint density at radius 3 is 2.71 bits per heavy atom. The number of nitrogens with two attached hydrogens (primary N) is 1. The molecule has 0 saturated carbocycles.